The standard InChI is InChI=1S/C17H18O2S/c1-13-6-9-17(14(2)11-13)19-12-16-8-7-15(20-16)5-3-4-10-18/h6-9,11,18H,4,10,12H2,1-2H3. The van der Waals surface area contributed by atoms with Crippen LogP contribution < -0.4 is 4.74 Å². The van der Waals surface area contributed by atoms with Crippen LogP contribution in [0, 0.1) is 25.7 Å². The van der Waals surface area contributed by atoms with Crippen molar-refractivity contribution >= 4 is 11.3 Å². The van der Waals surface area contributed by atoms with Crippen LogP contribution in [0.25, 0.3) is 0 Å². The van der Waals surface area contributed by atoms with E-state index in [2.05, 4.69) is 37.8 Å². The average molecular weight is 286 g/mol. The fraction of sp³-hybridized carbons (Fsp3) is 0.294. The van der Waals surface area contributed by atoms with Gasteiger partial charge in [0, 0.05) is 11.3 Å². The largest absolute Gasteiger partial charge is 0.488 e. The Morgan fingerprint density at radius 1 is 1.20 bits per heavy atom. The second-order valence-corrected chi connectivity index (χ2v) is 5.77. The van der Waals surface area contributed by atoms with E-state index in [0.29, 0.717) is 13.0 Å². The van der Waals surface area contributed by atoms with E-state index in [9.17, 15) is 0 Å². The topological polar surface area (TPSA) is 29.5 Å². The third-order valence-electron chi connectivity index (χ3n) is 2.81. The first-order chi connectivity index (χ1) is 9.69. The minimum absolute atomic E-state index is 0.112. The van der Waals surface area contributed by atoms with E-state index >= 15 is 0 Å². The van der Waals surface area contributed by atoms with Gasteiger partial charge in [-0.05, 0) is 37.6 Å². The molecule has 0 saturated carbocycles. The molecule has 0 unspecified atom stereocenters. The van der Waals surface area contributed by atoms with Crippen molar-refractivity contribution < 1.29 is 9.84 Å². The maximum atomic E-state index is 8.69. The molecule has 2 aromatic rings. The summed E-state index contributed by atoms with van der Waals surface area (Å²) in [5, 5.41) is 8.69. The lowest BCUT2D eigenvalue weighted by Gasteiger charge is -2.08. The summed E-state index contributed by atoms with van der Waals surface area (Å²) in [6, 6.07) is 10.2. The highest BCUT2D eigenvalue weighted by Crippen LogP contribution is 2.22. The summed E-state index contributed by atoms with van der Waals surface area (Å²) in [4.78, 5) is 2.16. The van der Waals surface area contributed by atoms with Gasteiger partial charge in [0.1, 0.15) is 12.4 Å². The molecule has 0 bridgehead atoms. The third-order valence-corrected chi connectivity index (χ3v) is 3.78. The maximum absolute atomic E-state index is 8.69. The van der Waals surface area contributed by atoms with Gasteiger partial charge in [0.25, 0.3) is 0 Å². The Balaban J connectivity index is 1.96. The Kier molecular flexibility index (Phi) is 5.23. The van der Waals surface area contributed by atoms with E-state index in [4.69, 9.17) is 9.84 Å². The molecule has 1 aromatic heterocycles. The van der Waals surface area contributed by atoms with Crippen LogP contribution in [0.2, 0.25) is 0 Å². The zero-order valence-corrected chi connectivity index (χ0v) is 12.6. The number of benzene rings is 1. The molecule has 1 aromatic carbocycles. The molecule has 0 radical (unpaired) electrons. The number of rotatable bonds is 4. The van der Waals surface area contributed by atoms with Crippen LogP contribution in [0.3, 0.4) is 0 Å². The summed E-state index contributed by atoms with van der Waals surface area (Å²) in [5.74, 6) is 6.89. The molecule has 0 atom stereocenters. The van der Waals surface area contributed by atoms with Crippen LogP contribution in [-0.4, -0.2) is 11.7 Å². The quantitative estimate of drug-likeness (QED) is 0.869. The zero-order chi connectivity index (χ0) is 14.4. The van der Waals surface area contributed by atoms with Gasteiger partial charge < -0.3 is 9.84 Å². The first-order valence-corrected chi connectivity index (χ1v) is 7.39. The van der Waals surface area contributed by atoms with Crippen LogP contribution in [-0.2, 0) is 6.61 Å². The lowest BCUT2D eigenvalue weighted by atomic mass is 10.1. The monoisotopic (exact) mass is 286 g/mol. The number of aryl methyl sites for hydroxylation is 2. The second-order valence-electron chi connectivity index (χ2n) is 4.60. The summed E-state index contributed by atoms with van der Waals surface area (Å²) in [7, 11) is 0. The number of aliphatic hydroxyl groups excluding tert-OH is 1. The van der Waals surface area contributed by atoms with Gasteiger partial charge in [0.2, 0.25) is 0 Å². The van der Waals surface area contributed by atoms with Gasteiger partial charge in [-0.1, -0.05) is 29.5 Å². The molecule has 0 saturated heterocycles. The molecule has 20 heavy (non-hydrogen) atoms. The van der Waals surface area contributed by atoms with Crippen LogP contribution in [0.4, 0.5) is 0 Å². The van der Waals surface area contributed by atoms with Crippen LogP contribution in [0.5, 0.6) is 5.75 Å². The normalized spacial score (nSPS) is 9.95. The smallest absolute Gasteiger partial charge is 0.122 e. The predicted octanol–water partition coefficient (Wildman–Crippen LogP) is 3.68. The minimum atomic E-state index is 0.112. The van der Waals surface area contributed by atoms with E-state index < -0.39 is 0 Å². The number of hydrogen-bond acceptors (Lipinski definition) is 3. The molecule has 0 aliphatic heterocycles. The van der Waals surface area contributed by atoms with Crippen LogP contribution in [0.1, 0.15) is 27.3 Å². The second kappa shape index (κ2) is 7.14. The summed E-state index contributed by atoms with van der Waals surface area (Å²) >= 11 is 1.63. The third kappa shape index (κ3) is 4.12. The number of hydrogen-bond donors (Lipinski definition) is 1. The molecular formula is C17H18O2S. The van der Waals surface area contributed by atoms with Crippen LogP contribution in [0.15, 0.2) is 30.3 Å². The highest BCUT2D eigenvalue weighted by Gasteiger charge is 2.02. The number of aliphatic hydroxyl groups is 1. The van der Waals surface area contributed by atoms with Crippen molar-refractivity contribution in [3.05, 3.63) is 51.2 Å². The first kappa shape index (κ1) is 14.6. The first-order valence-electron chi connectivity index (χ1n) is 6.57. The SMILES string of the molecule is Cc1ccc(OCc2ccc(C#CCCO)s2)c(C)c1. The van der Waals surface area contributed by atoms with Crippen molar-refractivity contribution in [1.82, 2.24) is 0 Å². The molecular weight excluding hydrogens is 268 g/mol. The molecule has 0 aliphatic carbocycles. The minimum Gasteiger partial charge on any atom is -0.488 e. The highest BCUT2D eigenvalue weighted by atomic mass is 32.1. The van der Waals surface area contributed by atoms with Crippen molar-refractivity contribution in [2.45, 2.75) is 26.9 Å². The van der Waals surface area contributed by atoms with Crippen molar-refractivity contribution in [3.63, 3.8) is 0 Å². The number of thiophene rings is 1. The van der Waals surface area contributed by atoms with Gasteiger partial charge in [-0.15, -0.1) is 11.3 Å². The van der Waals surface area contributed by atoms with Gasteiger partial charge in [0.15, 0.2) is 0 Å². The van der Waals surface area contributed by atoms with Crippen molar-refractivity contribution in [3.8, 4) is 17.6 Å². The fourth-order valence-corrected chi connectivity index (χ4v) is 2.63. The van der Waals surface area contributed by atoms with E-state index in [1.807, 2.05) is 18.2 Å². The molecule has 2 rings (SSSR count). The molecule has 1 heterocycles. The average Bonchev–Trinajstić information content (AvgIpc) is 2.86. The highest BCUT2D eigenvalue weighted by molar-refractivity contribution is 7.12. The van der Waals surface area contributed by atoms with E-state index in [1.54, 1.807) is 11.3 Å². The molecule has 0 amide bonds. The fourth-order valence-electron chi connectivity index (χ4n) is 1.84. The van der Waals surface area contributed by atoms with Gasteiger partial charge in [0.05, 0.1) is 11.5 Å². The summed E-state index contributed by atoms with van der Waals surface area (Å²) in [6.45, 7) is 4.81. The van der Waals surface area contributed by atoms with E-state index in [1.165, 1.54) is 5.56 Å². The van der Waals surface area contributed by atoms with E-state index in [0.717, 1.165) is 21.1 Å². The Labute approximate surface area is 124 Å². The molecule has 0 spiro atoms. The zero-order valence-electron chi connectivity index (χ0n) is 11.8. The van der Waals surface area contributed by atoms with Crippen molar-refractivity contribution in [2.24, 2.45) is 0 Å². The Bertz CT molecular complexity index is 632. The molecule has 3 heteroatoms. The maximum Gasteiger partial charge on any atom is 0.122 e. The Morgan fingerprint density at radius 3 is 2.80 bits per heavy atom. The van der Waals surface area contributed by atoms with Crippen molar-refractivity contribution in [1.29, 1.82) is 0 Å². The summed E-state index contributed by atoms with van der Waals surface area (Å²) in [5.41, 5.74) is 2.40. The summed E-state index contributed by atoms with van der Waals surface area (Å²) in [6.07, 6.45) is 0.520. The Hall–Kier alpha value is -1.76. The Morgan fingerprint density at radius 2 is 2.05 bits per heavy atom. The van der Waals surface area contributed by atoms with Gasteiger partial charge in [-0.25, -0.2) is 0 Å². The lowest BCUT2D eigenvalue weighted by molar-refractivity contribution is 0.305. The summed E-state index contributed by atoms with van der Waals surface area (Å²) < 4.78 is 5.84. The molecule has 2 nitrogen and oxygen atoms in total. The molecule has 1 N–H and O–H groups in total. The van der Waals surface area contributed by atoms with Crippen LogP contribution >= 0.6 is 11.3 Å². The van der Waals surface area contributed by atoms with E-state index in [-0.39, 0.29) is 6.61 Å². The molecule has 104 valence electrons. The van der Waals surface area contributed by atoms with Gasteiger partial charge in [-0.3, -0.25) is 0 Å². The lowest BCUT2D eigenvalue weighted by Crippen LogP contribution is -1.95. The molecule has 0 fully saturated rings. The van der Waals surface area contributed by atoms with Gasteiger partial charge >= 0.3 is 0 Å². The molecule has 0 aliphatic rings. The predicted molar refractivity (Wildman–Crippen MR) is 83.1 cm³/mol. The van der Waals surface area contributed by atoms with Gasteiger partial charge in [-0.2, -0.15) is 0 Å². The number of ether oxygens (including phenoxy) is 1. The van der Waals surface area contributed by atoms with Crippen molar-refractivity contribution in [2.75, 3.05) is 6.61 Å².